The fraction of sp³-hybridized carbons (Fsp3) is 0.486. The molecule has 1 aliphatic rings. The lowest BCUT2D eigenvalue weighted by atomic mass is 9.78. The Labute approximate surface area is 251 Å². The summed E-state index contributed by atoms with van der Waals surface area (Å²) in [6, 6.07) is 18.2. The van der Waals surface area contributed by atoms with Gasteiger partial charge in [0.25, 0.3) is 0 Å². The Hall–Kier alpha value is -3.42. The van der Waals surface area contributed by atoms with E-state index in [9.17, 15) is 0 Å². The Morgan fingerprint density at radius 1 is 1.05 bits per heavy atom. The molecular formula is C35H47N5O2. The lowest BCUT2D eigenvalue weighted by Crippen LogP contribution is -2.30. The lowest BCUT2D eigenvalue weighted by molar-refractivity contribution is 0.0560. The second-order valence-electron chi connectivity index (χ2n) is 13.0. The molecule has 1 fully saturated rings. The summed E-state index contributed by atoms with van der Waals surface area (Å²) in [4.78, 5) is 12.1. The van der Waals surface area contributed by atoms with Gasteiger partial charge in [-0.3, -0.25) is 4.90 Å². The summed E-state index contributed by atoms with van der Waals surface area (Å²) in [7, 11) is 2.08. The largest absolute Gasteiger partial charge is 0.457 e. The number of imidazole rings is 1. The maximum atomic E-state index is 6.69. The lowest BCUT2D eigenvalue weighted by Gasteiger charge is -2.32. The predicted molar refractivity (Wildman–Crippen MR) is 171 cm³/mol. The Morgan fingerprint density at radius 3 is 2.55 bits per heavy atom. The van der Waals surface area contributed by atoms with E-state index in [2.05, 4.69) is 54.4 Å². The van der Waals surface area contributed by atoms with Crippen molar-refractivity contribution in [3.05, 3.63) is 78.4 Å². The summed E-state index contributed by atoms with van der Waals surface area (Å²) in [5.74, 6) is 4.25. The van der Waals surface area contributed by atoms with Gasteiger partial charge in [-0.15, -0.1) is 0 Å². The number of fused-ring (bicyclic) bond motifs is 1. The molecule has 42 heavy (non-hydrogen) atoms. The minimum absolute atomic E-state index is 0.290. The summed E-state index contributed by atoms with van der Waals surface area (Å²) in [6.45, 7) is 11.5. The highest BCUT2D eigenvalue weighted by Crippen LogP contribution is 2.39. The van der Waals surface area contributed by atoms with Gasteiger partial charge in [-0.1, -0.05) is 39.0 Å². The molecule has 0 radical (unpaired) electrons. The van der Waals surface area contributed by atoms with E-state index in [1.807, 2.05) is 54.9 Å². The van der Waals surface area contributed by atoms with Crippen LogP contribution in [0.15, 0.2) is 67.0 Å². The molecule has 2 aromatic heterocycles. The second kappa shape index (κ2) is 13.7. The number of ether oxygens (including phenoxy) is 2. The molecule has 0 spiro atoms. The number of nitrogens with two attached hydrogens (primary N) is 1. The molecule has 2 aromatic carbocycles. The Morgan fingerprint density at radius 2 is 1.83 bits per heavy atom. The van der Waals surface area contributed by atoms with E-state index in [0.29, 0.717) is 23.1 Å². The number of nitrogens with zero attached hydrogens (tertiary/aromatic N) is 4. The maximum Gasteiger partial charge on any atom is 0.128 e. The molecule has 4 aromatic rings. The SMILES string of the molecule is Cn1ccnc1CN(CCCC(c1cc2cc(Oc3ccccc3)ccc2nc1N)C1CCOCC1)CCC(C)(C)C. The molecule has 1 aliphatic heterocycles. The van der Waals surface area contributed by atoms with Crippen molar-refractivity contribution in [3.63, 3.8) is 0 Å². The highest BCUT2D eigenvalue weighted by molar-refractivity contribution is 5.83. The monoisotopic (exact) mass is 569 g/mol. The van der Waals surface area contributed by atoms with Crippen molar-refractivity contribution in [1.29, 1.82) is 0 Å². The van der Waals surface area contributed by atoms with Crippen molar-refractivity contribution in [1.82, 2.24) is 19.4 Å². The van der Waals surface area contributed by atoms with Crippen LogP contribution in [0.3, 0.4) is 0 Å². The number of aromatic nitrogens is 3. The molecule has 3 heterocycles. The fourth-order valence-corrected chi connectivity index (χ4v) is 5.98. The topological polar surface area (TPSA) is 78.4 Å². The molecule has 0 bridgehead atoms. The van der Waals surface area contributed by atoms with Crippen molar-refractivity contribution >= 4 is 16.7 Å². The molecule has 0 amide bonds. The number of aryl methyl sites for hydroxylation is 1. The number of pyridine rings is 1. The van der Waals surface area contributed by atoms with Gasteiger partial charge < -0.3 is 19.8 Å². The molecule has 0 saturated carbocycles. The zero-order valence-electron chi connectivity index (χ0n) is 25.8. The molecule has 1 atom stereocenters. The van der Waals surface area contributed by atoms with Crippen molar-refractivity contribution in [2.24, 2.45) is 18.4 Å². The first-order valence-electron chi connectivity index (χ1n) is 15.4. The van der Waals surface area contributed by atoms with Crippen LogP contribution in [0.5, 0.6) is 11.5 Å². The van der Waals surface area contributed by atoms with Crippen molar-refractivity contribution in [2.45, 2.75) is 65.3 Å². The van der Waals surface area contributed by atoms with E-state index < -0.39 is 0 Å². The van der Waals surface area contributed by atoms with Gasteiger partial charge in [0.1, 0.15) is 23.1 Å². The van der Waals surface area contributed by atoms with E-state index in [1.165, 1.54) is 0 Å². The first-order chi connectivity index (χ1) is 20.2. The van der Waals surface area contributed by atoms with E-state index in [0.717, 1.165) is 98.7 Å². The number of anilines is 1. The van der Waals surface area contributed by atoms with Gasteiger partial charge in [0.15, 0.2) is 0 Å². The normalized spacial score (nSPS) is 15.4. The predicted octanol–water partition coefficient (Wildman–Crippen LogP) is 7.57. The average molecular weight is 570 g/mol. The number of para-hydroxylation sites is 1. The molecule has 1 unspecified atom stereocenters. The second-order valence-corrected chi connectivity index (χ2v) is 13.0. The van der Waals surface area contributed by atoms with Crippen LogP contribution < -0.4 is 10.5 Å². The van der Waals surface area contributed by atoms with Crippen LogP contribution in [0.1, 0.15) is 70.2 Å². The third kappa shape index (κ3) is 8.11. The average Bonchev–Trinajstić information content (AvgIpc) is 3.38. The third-order valence-corrected chi connectivity index (χ3v) is 8.51. The van der Waals surface area contributed by atoms with Gasteiger partial charge in [-0.25, -0.2) is 9.97 Å². The number of benzene rings is 2. The first kappa shape index (κ1) is 30.1. The van der Waals surface area contributed by atoms with E-state index in [4.69, 9.17) is 20.2 Å². The zero-order chi connectivity index (χ0) is 29.5. The number of hydrogen-bond acceptors (Lipinski definition) is 6. The molecule has 7 heteroatoms. The van der Waals surface area contributed by atoms with Gasteiger partial charge in [0.2, 0.25) is 0 Å². The van der Waals surface area contributed by atoms with Gasteiger partial charge in [0.05, 0.1) is 12.1 Å². The standard InChI is InChI=1S/C35H47N5O2/c1-35(2,3)16-19-40(25-33-37-17-20-39(33)4)18-8-11-30(26-14-21-41-22-15-26)31-24-27-23-29(12-13-32(27)38-34(31)36)42-28-9-6-5-7-10-28/h5-7,9-10,12-13,17,20,23-24,26,30H,8,11,14-16,18-19,21-22,25H2,1-4H3,(H2,36,38). The third-order valence-electron chi connectivity index (χ3n) is 8.51. The molecule has 7 nitrogen and oxygen atoms in total. The highest BCUT2D eigenvalue weighted by Gasteiger charge is 2.28. The number of hydrogen-bond donors (Lipinski definition) is 1. The summed E-state index contributed by atoms with van der Waals surface area (Å²) in [5.41, 5.74) is 9.04. The molecule has 0 aliphatic carbocycles. The number of nitrogen functional groups attached to an aromatic ring is 1. The van der Waals surface area contributed by atoms with Crippen LogP contribution in [-0.4, -0.2) is 45.7 Å². The van der Waals surface area contributed by atoms with Crippen LogP contribution in [0.25, 0.3) is 10.9 Å². The maximum absolute atomic E-state index is 6.69. The molecule has 1 saturated heterocycles. The minimum atomic E-state index is 0.290. The summed E-state index contributed by atoms with van der Waals surface area (Å²) >= 11 is 0. The first-order valence-corrected chi connectivity index (χ1v) is 15.4. The van der Waals surface area contributed by atoms with Gasteiger partial charge in [0, 0.05) is 38.0 Å². The van der Waals surface area contributed by atoms with Crippen LogP contribution in [0, 0.1) is 11.3 Å². The van der Waals surface area contributed by atoms with Crippen LogP contribution in [-0.2, 0) is 18.3 Å². The zero-order valence-corrected chi connectivity index (χ0v) is 25.8. The van der Waals surface area contributed by atoms with Gasteiger partial charge in [-0.05, 0) is 104 Å². The molecular weight excluding hydrogens is 522 g/mol. The summed E-state index contributed by atoms with van der Waals surface area (Å²) in [6.07, 6.45) is 9.34. The van der Waals surface area contributed by atoms with Crippen molar-refractivity contribution < 1.29 is 9.47 Å². The smallest absolute Gasteiger partial charge is 0.128 e. The number of rotatable bonds is 12. The van der Waals surface area contributed by atoms with E-state index in [-0.39, 0.29) is 0 Å². The van der Waals surface area contributed by atoms with E-state index >= 15 is 0 Å². The van der Waals surface area contributed by atoms with Crippen LogP contribution in [0.2, 0.25) is 0 Å². The summed E-state index contributed by atoms with van der Waals surface area (Å²) in [5, 5.41) is 1.06. The minimum Gasteiger partial charge on any atom is -0.457 e. The Balaban J connectivity index is 1.36. The van der Waals surface area contributed by atoms with E-state index in [1.54, 1.807) is 0 Å². The quantitative estimate of drug-likeness (QED) is 0.190. The van der Waals surface area contributed by atoms with Gasteiger partial charge in [-0.2, -0.15) is 0 Å². The summed E-state index contributed by atoms with van der Waals surface area (Å²) < 4.78 is 14.0. The highest BCUT2D eigenvalue weighted by atomic mass is 16.5. The Bertz CT molecular complexity index is 1420. The van der Waals surface area contributed by atoms with Crippen molar-refractivity contribution in [2.75, 3.05) is 32.0 Å². The van der Waals surface area contributed by atoms with Crippen molar-refractivity contribution in [3.8, 4) is 11.5 Å². The molecule has 224 valence electrons. The fourth-order valence-electron chi connectivity index (χ4n) is 5.98. The van der Waals surface area contributed by atoms with Crippen LogP contribution in [0.4, 0.5) is 5.82 Å². The van der Waals surface area contributed by atoms with Gasteiger partial charge >= 0.3 is 0 Å². The van der Waals surface area contributed by atoms with Crippen LogP contribution >= 0.6 is 0 Å². The molecule has 2 N–H and O–H groups in total. The molecule has 5 rings (SSSR count). The Kier molecular flexibility index (Phi) is 9.80.